The van der Waals surface area contributed by atoms with Gasteiger partial charge in [-0.25, -0.2) is 0 Å². The van der Waals surface area contributed by atoms with Crippen molar-refractivity contribution in [3.05, 3.63) is 0 Å². The van der Waals surface area contributed by atoms with Crippen molar-refractivity contribution >= 4 is 11.9 Å². The molecule has 0 unspecified atom stereocenters. The van der Waals surface area contributed by atoms with Crippen molar-refractivity contribution in [1.82, 2.24) is 0 Å². The summed E-state index contributed by atoms with van der Waals surface area (Å²) in [4.78, 5) is 20.5. The SMILES string of the molecule is CC(=O)O[C@@H](C)[C@@H](N)C(=O)O. The van der Waals surface area contributed by atoms with Gasteiger partial charge in [-0.3, -0.25) is 9.59 Å². The number of nitrogens with two attached hydrogens (primary N) is 1. The monoisotopic (exact) mass is 161 g/mol. The zero-order chi connectivity index (χ0) is 9.02. The molecule has 0 saturated carbocycles. The second kappa shape index (κ2) is 3.92. The third-order valence-corrected chi connectivity index (χ3v) is 1.14. The van der Waals surface area contributed by atoms with Crippen molar-refractivity contribution in [1.29, 1.82) is 0 Å². The van der Waals surface area contributed by atoms with Crippen LogP contribution in [0.3, 0.4) is 0 Å². The smallest absolute Gasteiger partial charge is 0.324 e. The van der Waals surface area contributed by atoms with Gasteiger partial charge in [-0.05, 0) is 6.92 Å². The molecule has 3 N–H and O–H groups in total. The Balaban J connectivity index is 3.92. The minimum Gasteiger partial charge on any atom is -0.480 e. The zero-order valence-corrected chi connectivity index (χ0v) is 6.40. The fourth-order valence-electron chi connectivity index (χ4n) is 0.536. The lowest BCUT2D eigenvalue weighted by atomic mass is 10.2. The molecule has 0 aliphatic carbocycles. The minimum absolute atomic E-state index is 0.533. The van der Waals surface area contributed by atoms with Crippen LogP contribution in [0.2, 0.25) is 0 Å². The molecule has 0 aromatic heterocycles. The van der Waals surface area contributed by atoms with Crippen molar-refractivity contribution < 1.29 is 19.4 Å². The summed E-state index contributed by atoms with van der Waals surface area (Å²) in [5, 5.41) is 8.35. The molecular weight excluding hydrogens is 150 g/mol. The molecule has 0 radical (unpaired) electrons. The van der Waals surface area contributed by atoms with Gasteiger partial charge < -0.3 is 15.6 Å². The van der Waals surface area contributed by atoms with Crippen LogP contribution in [0.5, 0.6) is 0 Å². The number of rotatable bonds is 3. The number of carboxylic acid groups (broad SMARTS) is 1. The fourth-order valence-corrected chi connectivity index (χ4v) is 0.536. The van der Waals surface area contributed by atoms with Crippen LogP contribution in [0.1, 0.15) is 13.8 Å². The van der Waals surface area contributed by atoms with Crippen molar-refractivity contribution in [3.63, 3.8) is 0 Å². The number of ether oxygens (including phenoxy) is 1. The highest BCUT2D eigenvalue weighted by Gasteiger charge is 2.21. The van der Waals surface area contributed by atoms with E-state index in [0.29, 0.717) is 0 Å². The lowest BCUT2D eigenvalue weighted by Crippen LogP contribution is -2.42. The Hall–Kier alpha value is -1.10. The first-order valence-corrected chi connectivity index (χ1v) is 3.10. The highest BCUT2D eigenvalue weighted by molar-refractivity contribution is 5.74. The molecule has 0 saturated heterocycles. The van der Waals surface area contributed by atoms with E-state index in [0.717, 1.165) is 0 Å². The molecule has 0 spiro atoms. The van der Waals surface area contributed by atoms with Gasteiger partial charge in [0.1, 0.15) is 12.1 Å². The summed E-state index contributed by atoms with van der Waals surface area (Å²) in [6.07, 6.45) is -0.787. The molecule has 0 aliphatic heterocycles. The van der Waals surface area contributed by atoms with E-state index < -0.39 is 24.1 Å². The number of carboxylic acids is 1. The van der Waals surface area contributed by atoms with E-state index in [2.05, 4.69) is 4.74 Å². The zero-order valence-electron chi connectivity index (χ0n) is 6.40. The summed E-state index contributed by atoms with van der Waals surface area (Å²) in [6, 6.07) is -1.15. The molecule has 5 heteroatoms. The largest absolute Gasteiger partial charge is 0.480 e. The van der Waals surface area contributed by atoms with Gasteiger partial charge in [0.05, 0.1) is 0 Å². The molecule has 2 atom stereocenters. The van der Waals surface area contributed by atoms with Crippen LogP contribution in [0, 0.1) is 0 Å². The normalized spacial score (nSPS) is 15.2. The average molecular weight is 161 g/mol. The van der Waals surface area contributed by atoms with Gasteiger partial charge in [-0.2, -0.15) is 0 Å². The Bertz CT molecular complexity index is 168. The van der Waals surface area contributed by atoms with Gasteiger partial charge in [-0.1, -0.05) is 0 Å². The van der Waals surface area contributed by atoms with Crippen molar-refractivity contribution in [2.24, 2.45) is 5.73 Å². The van der Waals surface area contributed by atoms with Crippen LogP contribution >= 0.6 is 0 Å². The highest BCUT2D eigenvalue weighted by atomic mass is 16.5. The Morgan fingerprint density at radius 1 is 1.55 bits per heavy atom. The predicted molar refractivity (Wildman–Crippen MR) is 36.8 cm³/mol. The van der Waals surface area contributed by atoms with Gasteiger partial charge in [0.25, 0.3) is 0 Å². The molecule has 0 rings (SSSR count). The highest BCUT2D eigenvalue weighted by Crippen LogP contribution is 1.96. The van der Waals surface area contributed by atoms with Crippen LogP contribution in [-0.2, 0) is 14.3 Å². The number of hydrogen-bond donors (Lipinski definition) is 2. The first-order valence-electron chi connectivity index (χ1n) is 3.10. The number of esters is 1. The molecule has 0 aromatic rings. The molecule has 0 bridgehead atoms. The molecular formula is C6H11NO4. The maximum absolute atomic E-state index is 10.3. The molecule has 5 nitrogen and oxygen atoms in total. The maximum Gasteiger partial charge on any atom is 0.324 e. The molecule has 0 amide bonds. The standard InChI is InChI=1S/C6H11NO4/c1-3(11-4(2)8)5(7)6(9)10/h3,5H,7H2,1-2H3,(H,9,10)/t3-,5+/m0/s1. The van der Waals surface area contributed by atoms with Gasteiger partial charge >= 0.3 is 11.9 Å². The van der Waals surface area contributed by atoms with E-state index in [4.69, 9.17) is 10.8 Å². The summed E-state index contributed by atoms with van der Waals surface area (Å²) >= 11 is 0. The summed E-state index contributed by atoms with van der Waals surface area (Å²) in [7, 11) is 0. The lowest BCUT2D eigenvalue weighted by molar-refractivity contribution is -0.151. The molecule has 64 valence electrons. The molecule has 11 heavy (non-hydrogen) atoms. The summed E-state index contributed by atoms with van der Waals surface area (Å²) in [5.74, 6) is -1.71. The van der Waals surface area contributed by atoms with Crippen LogP contribution in [0.25, 0.3) is 0 Å². The van der Waals surface area contributed by atoms with Gasteiger partial charge in [0.2, 0.25) is 0 Å². The number of carbonyl (C=O) groups excluding carboxylic acids is 1. The van der Waals surface area contributed by atoms with Crippen LogP contribution in [-0.4, -0.2) is 29.2 Å². The number of aliphatic carboxylic acids is 1. The quantitative estimate of drug-likeness (QED) is 0.537. The number of carbonyl (C=O) groups is 2. The summed E-state index contributed by atoms with van der Waals surface area (Å²) in [6.45, 7) is 2.63. The maximum atomic E-state index is 10.3. The van der Waals surface area contributed by atoms with E-state index in [9.17, 15) is 9.59 Å². The van der Waals surface area contributed by atoms with E-state index in [-0.39, 0.29) is 0 Å². The Kier molecular flexibility index (Phi) is 3.53. The Labute approximate surface area is 64.1 Å². The van der Waals surface area contributed by atoms with Gasteiger partial charge in [0, 0.05) is 6.92 Å². The van der Waals surface area contributed by atoms with E-state index in [1.807, 2.05) is 0 Å². The Morgan fingerprint density at radius 2 is 2.00 bits per heavy atom. The van der Waals surface area contributed by atoms with Crippen LogP contribution in [0.15, 0.2) is 0 Å². The molecule has 0 aromatic carbocycles. The fraction of sp³-hybridized carbons (Fsp3) is 0.667. The van der Waals surface area contributed by atoms with Gasteiger partial charge in [0.15, 0.2) is 0 Å². The summed E-state index contributed by atoms with van der Waals surface area (Å²) < 4.78 is 4.53. The van der Waals surface area contributed by atoms with Crippen LogP contribution in [0.4, 0.5) is 0 Å². The molecule has 0 fully saturated rings. The summed E-state index contributed by atoms with van der Waals surface area (Å²) in [5.41, 5.74) is 5.13. The second-order valence-electron chi connectivity index (χ2n) is 2.18. The molecule has 0 aliphatic rings. The van der Waals surface area contributed by atoms with E-state index in [1.165, 1.54) is 13.8 Å². The van der Waals surface area contributed by atoms with Crippen molar-refractivity contribution in [2.75, 3.05) is 0 Å². The van der Waals surface area contributed by atoms with Gasteiger partial charge in [-0.15, -0.1) is 0 Å². The Morgan fingerprint density at radius 3 is 2.27 bits per heavy atom. The topological polar surface area (TPSA) is 89.6 Å². The minimum atomic E-state index is -1.18. The van der Waals surface area contributed by atoms with Crippen molar-refractivity contribution in [2.45, 2.75) is 26.0 Å². The van der Waals surface area contributed by atoms with E-state index >= 15 is 0 Å². The third kappa shape index (κ3) is 3.57. The van der Waals surface area contributed by atoms with Crippen LogP contribution < -0.4 is 5.73 Å². The second-order valence-corrected chi connectivity index (χ2v) is 2.18. The lowest BCUT2D eigenvalue weighted by Gasteiger charge is -2.14. The average Bonchev–Trinajstić information content (AvgIpc) is 1.84. The molecule has 0 heterocycles. The number of hydrogen-bond acceptors (Lipinski definition) is 4. The first-order chi connectivity index (χ1) is 4.95. The van der Waals surface area contributed by atoms with Crippen molar-refractivity contribution in [3.8, 4) is 0 Å². The third-order valence-electron chi connectivity index (χ3n) is 1.14. The first kappa shape index (κ1) is 9.90. The van der Waals surface area contributed by atoms with E-state index in [1.54, 1.807) is 0 Å². The predicted octanol–water partition coefficient (Wildman–Crippen LogP) is -0.650.